The monoisotopic (exact) mass is 580 g/mol. The third-order valence-electron chi connectivity index (χ3n) is 5.80. The van der Waals surface area contributed by atoms with Gasteiger partial charge < -0.3 is 19.3 Å². The predicted molar refractivity (Wildman–Crippen MR) is 134 cm³/mol. The summed E-state index contributed by atoms with van der Waals surface area (Å²) >= 11 is 0. The number of esters is 2. The first-order chi connectivity index (χ1) is 17.8. The Kier molecular flexibility index (Phi) is 10.6. The molecule has 0 amide bonds. The van der Waals surface area contributed by atoms with Crippen LogP contribution < -0.4 is 5.69 Å². The smallest absolute Gasteiger partial charge is 0.437 e. The van der Waals surface area contributed by atoms with Crippen LogP contribution in [0.1, 0.15) is 66.8 Å². The lowest BCUT2D eigenvalue weighted by Gasteiger charge is -2.31. The molecule has 222 valence electrons. The van der Waals surface area contributed by atoms with Gasteiger partial charge >= 0.3 is 25.5 Å². The number of phosphoric ester groups is 1. The largest absolute Gasteiger partial charge is 0.480 e. The Balaban J connectivity index is 2.21. The Morgan fingerprint density at radius 2 is 1.62 bits per heavy atom. The topological polar surface area (TPSA) is 162 Å². The number of ether oxygens (including phenoxy) is 3. The van der Waals surface area contributed by atoms with Crippen LogP contribution in [0.15, 0.2) is 17.1 Å². The number of alkyl halides is 1. The van der Waals surface area contributed by atoms with Crippen molar-refractivity contribution in [1.29, 1.82) is 0 Å². The van der Waals surface area contributed by atoms with Crippen LogP contribution in [0.3, 0.4) is 0 Å². The van der Waals surface area contributed by atoms with Crippen LogP contribution in [0.4, 0.5) is 4.39 Å². The Bertz CT molecular complexity index is 1090. The Labute approximate surface area is 226 Å². The van der Waals surface area contributed by atoms with Crippen LogP contribution in [0.2, 0.25) is 0 Å². The number of aryl methyl sites for hydroxylation is 1. The maximum absolute atomic E-state index is 15.2. The Morgan fingerprint density at radius 1 is 1.10 bits per heavy atom. The quantitative estimate of drug-likeness (QED) is 0.232. The summed E-state index contributed by atoms with van der Waals surface area (Å²) in [6.07, 6.45) is -4.20. The van der Waals surface area contributed by atoms with E-state index in [1.165, 1.54) is 12.3 Å². The van der Waals surface area contributed by atoms with E-state index in [0.29, 0.717) is 5.69 Å². The number of phosphoric acid groups is 1. The number of nitrogens with zero attached hydrogens (tertiary/aromatic N) is 2. The molecule has 39 heavy (non-hydrogen) atoms. The number of aliphatic hydroxyl groups is 1. The van der Waals surface area contributed by atoms with Crippen molar-refractivity contribution in [2.75, 3.05) is 20.2 Å². The van der Waals surface area contributed by atoms with Gasteiger partial charge in [-0.15, -0.1) is 0 Å². The summed E-state index contributed by atoms with van der Waals surface area (Å²) in [4.78, 5) is 40.2. The summed E-state index contributed by atoms with van der Waals surface area (Å²) in [5.74, 6) is -1.35. The molecule has 0 aromatic carbocycles. The van der Waals surface area contributed by atoms with Crippen LogP contribution >= 0.6 is 7.82 Å². The number of hydrogen-bond acceptors (Lipinski definition) is 12. The molecule has 13 nitrogen and oxygen atoms in total. The van der Waals surface area contributed by atoms with E-state index in [1.54, 1.807) is 55.4 Å². The molecule has 1 aromatic rings. The van der Waals surface area contributed by atoms with Gasteiger partial charge in [-0.1, -0.05) is 6.92 Å². The van der Waals surface area contributed by atoms with Crippen molar-refractivity contribution in [2.45, 2.75) is 85.9 Å². The first-order valence-corrected chi connectivity index (χ1v) is 13.7. The normalized spacial score (nSPS) is 24.0. The maximum atomic E-state index is 15.2. The second kappa shape index (κ2) is 12.5. The molecule has 15 heteroatoms. The summed E-state index contributed by atoms with van der Waals surface area (Å²) in [5, 5.41) is 10.7. The van der Waals surface area contributed by atoms with Crippen molar-refractivity contribution in [3.63, 3.8) is 0 Å². The predicted octanol–water partition coefficient (Wildman–Crippen LogP) is 3.18. The number of halogens is 1. The van der Waals surface area contributed by atoms with E-state index in [2.05, 4.69) is 4.98 Å². The van der Waals surface area contributed by atoms with Crippen LogP contribution in [0.5, 0.6) is 0 Å². The first kappa shape index (κ1) is 33.0. The van der Waals surface area contributed by atoms with Crippen molar-refractivity contribution < 1.29 is 51.4 Å². The number of carbonyl (C=O) groups is 2. The fourth-order valence-corrected chi connectivity index (χ4v) is 4.22. The molecule has 1 aromatic heterocycles. The zero-order valence-electron chi connectivity index (χ0n) is 23.5. The minimum Gasteiger partial charge on any atom is -0.437 e. The van der Waals surface area contributed by atoms with Gasteiger partial charge in [-0.3, -0.25) is 18.7 Å². The summed E-state index contributed by atoms with van der Waals surface area (Å²) in [6.45, 7) is 10.3. The summed E-state index contributed by atoms with van der Waals surface area (Å²) in [5.41, 5.74) is -3.95. The average Bonchev–Trinajstić information content (AvgIpc) is 3.07. The molecule has 1 saturated heterocycles. The van der Waals surface area contributed by atoms with Gasteiger partial charge in [0.05, 0.1) is 17.4 Å². The minimum atomic E-state index is -4.65. The summed E-state index contributed by atoms with van der Waals surface area (Å²) in [7, 11) is -4.65. The van der Waals surface area contributed by atoms with Crippen molar-refractivity contribution in [2.24, 2.45) is 10.8 Å². The molecule has 2 rings (SSSR count). The fraction of sp³-hybridized carbons (Fsp3) is 0.750. The van der Waals surface area contributed by atoms with Gasteiger partial charge in [0.1, 0.15) is 11.7 Å². The van der Waals surface area contributed by atoms with E-state index in [1.807, 2.05) is 0 Å². The molecular weight excluding hydrogens is 542 g/mol. The summed E-state index contributed by atoms with van der Waals surface area (Å²) in [6, 6.07) is 1.47. The molecule has 1 aliphatic rings. The molecule has 1 N–H and O–H groups in total. The fourth-order valence-electron chi connectivity index (χ4n) is 3.26. The molecule has 0 saturated carbocycles. The van der Waals surface area contributed by atoms with Crippen molar-refractivity contribution in [3.8, 4) is 0 Å². The number of hydrogen-bond donors (Lipinski definition) is 1. The van der Waals surface area contributed by atoms with Gasteiger partial charge in [-0.05, 0) is 61.0 Å². The van der Waals surface area contributed by atoms with Gasteiger partial charge in [0.25, 0.3) is 0 Å². The van der Waals surface area contributed by atoms with E-state index < -0.39 is 80.6 Å². The first-order valence-electron chi connectivity index (χ1n) is 12.3. The zero-order chi connectivity index (χ0) is 29.8. The van der Waals surface area contributed by atoms with Crippen LogP contribution in [0, 0.1) is 17.8 Å². The number of rotatable bonds is 11. The molecule has 0 radical (unpaired) electrons. The average molecular weight is 581 g/mol. The van der Waals surface area contributed by atoms with Crippen molar-refractivity contribution in [1.82, 2.24) is 9.55 Å². The third kappa shape index (κ3) is 8.38. The molecule has 4 atom stereocenters. The molecule has 1 aliphatic heterocycles. The van der Waals surface area contributed by atoms with E-state index in [9.17, 15) is 24.1 Å². The van der Waals surface area contributed by atoms with Gasteiger partial charge in [0.2, 0.25) is 13.6 Å². The van der Waals surface area contributed by atoms with E-state index in [0.717, 1.165) is 4.57 Å². The Hall–Kier alpha value is -2.22. The zero-order valence-corrected chi connectivity index (χ0v) is 24.4. The van der Waals surface area contributed by atoms with E-state index >= 15 is 4.39 Å². The third-order valence-corrected chi connectivity index (χ3v) is 7.09. The van der Waals surface area contributed by atoms with Crippen molar-refractivity contribution >= 4 is 19.8 Å². The Morgan fingerprint density at radius 3 is 2.05 bits per heavy atom. The molecule has 0 unspecified atom stereocenters. The standard InChI is InChI=1S/C24H38FN2O11P/c1-9-24(17(28)16(25)18(38-24)27-11-10-15(2)26-21(27)31)12-35-39(32,36-13-33-19(29)22(3,4)5)37-14-34-20(30)23(6,7)8/h10-11,16-18,28H,9,12-14H2,1-8H3/t16-,17+,18-,24-/m1/s1. The molecule has 2 heterocycles. The van der Waals surface area contributed by atoms with E-state index in [4.69, 9.17) is 27.8 Å². The number of carbonyl (C=O) groups excluding carboxylic acids is 2. The van der Waals surface area contributed by atoms with Gasteiger partial charge in [0.15, 0.2) is 12.4 Å². The highest BCUT2D eigenvalue weighted by atomic mass is 31.2. The van der Waals surface area contributed by atoms with Gasteiger partial charge in [0, 0.05) is 11.9 Å². The highest BCUT2D eigenvalue weighted by molar-refractivity contribution is 7.48. The van der Waals surface area contributed by atoms with Gasteiger partial charge in [-0.2, -0.15) is 4.98 Å². The maximum Gasteiger partial charge on any atom is 0.480 e. The lowest BCUT2D eigenvalue weighted by Crippen LogP contribution is -2.45. The molecule has 1 fully saturated rings. The van der Waals surface area contributed by atoms with E-state index in [-0.39, 0.29) is 6.42 Å². The second-order valence-electron chi connectivity index (χ2n) is 11.2. The van der Waals surface area contributed by atoms with Gasteiger partial charge in [-0.25, -0.2) is 22.8 Å². The lowest BCUT2D eigenvalue weighted by molar-refractivity contribution is -0.165. The number of aliphatic hydroxyl groups excluding tert-OH is 1. The number of aromatic nitrogens is 2. The lowest BCUT2D eigenvalue weighted by atomic mass is 9.94. The molecule has 0 spiro atoms. The second-order valence-corrected chi connectivity index (χ2v) is 12.8. The van der Waals surface area contributed by atoms with Crippen LogP contribution in [0.25, 0.3) is 0 Å². The van der Waals surface area contributed by atoms with Crippen molar-refractivity contribution in [3.05, 3.63) is 28.4 Å². The molecule has 0 aliphatic carbocycles. The highest BCUT2D eigenvalue weighted by Gasteiger charge is 2.56. The molecule has 0 bridgehead atoms. The van der Waals surface area contributed by atoms with Crippen LogP contribution in [-0.2, 0) is 41.9 Å². The SMILES string of the molecule is CC[C@]1(COP(=O)(OCOC(=O)C(C)(C)C)OCOC(=O)C(C)(C)C)O[C@@H](n2ccc(C)nc2=O)[C@H](F)[C@@H]1O. The minimum absolute atomic E-state index is 0.0445. The highest BCUT2D eigenvalue weighted by Crippen LogP contribution is 2.52. The van der Waals surface area contributed by atoms with Crippen LogP contribution in [-0.4, -0.2) is 64.7 Å². The molecular formula is C24H38FN2O11P. The summed E-state index contributed by atoms with van der Waals surface area (Å²) < 4.78 is 60.7.